The van der Waals surface area contributed by atoms with E-state index < -0.39 is 0 Å². The molecule has 2 N–H and O–H groups in total. The van der Waals surface area contributed by atoms with Crippen LogP contribution in [0.2, 0.25) is 0 Å². The third kappa shape index (κ3) is 3.66. The molecule has 0 radical (unpaired) electrons. The predicted octanol–water partition coefficient (Wildman–Crippen LogP) is 2.45. The number of fused-ring (bicyclic) bond motifs is 1. The highest BCUT2D eigenvalue weighted by Crippen LogP contribution is 2.26. The number of aromatic nitrogens is 1. The van der Waals surface area contributed by atoms with Gasteiger partial charge in [0, 0.05) is 30.8 Å². The number of H-pyrrole nitrogens is 1. The SMILES string of the molecule is Cc1c(C(=O)NCCN2CCCCCC2)[nH]c2c1C(=O)CCC2. The van der Waals surface area contributed by atoms with Gasteiger partial charge in [-0.25, -0.2) is 0 Å². The fraction of sp³-hybridized carbons (Fsp3) is 0.667. The van der Waals surface area contributed by atoms with E-state index in [1.807, 2.05) is 6.92 Å². The lowest BCUT2D eigenvalue weighted by Gasteiger charge is -2.19. The summed E-state index contributed by atoms with van der Waals surface area (Å²) < 4.78 is 0. The van der Waals surface area contributed by atoms with Crippen LogP contribution in [0.4, 0.5) is 0 Å². The third-order valence-electron chi connectivity index (χ3n) is 5.08. The lowest BCUT2D eigenvalue weighted by atomic mass is 9.94. The van der Waals surface area contributed by atoms with Crippen molar-refractivity contribution in [2.45, 2.75) is 51.9 Å². The van der Waals surface area contributed by atoms with Crippen molar-refractivity contribution < 1.29 is 9.59 Å². The van der Waals surface area contributed by atoms with Crippen molar-refractivity contribution in [1.82, 2.24) is 15.2 Å². The lowest BCUT2D eigenvalue weighted by Crippen LogP contribution is -2.35. The molecule has 0 saturated carbocycles. The molecule has 1 aromatic heterocycles. The highest BCUT2D eigenvalue weighted by Gasteiger charge is 2.26. The van der Waals surface area contributed by atoms with Gasteiger partial charge < -0.3 is 15.2 Å². The number of hydrogen-bond acceptors (Lipinski definition) is 3. The van der Waals surface area contributed by atoms with Crippen molar-refractivity contribution in [1.29, 1.82) is 0 Å². The second kappa shape index (κ2) is 7.30. The van der Waals surface area contributed by atoms with Crippen molar-refractivity contribution in [3.8, 4) is 0 Å². The maximum Gasteiger partial charge on any atom is 0.268 e. The van der Waals surface area contributed by atoms with Gasteiger partial charge in [0.05, 0.1) is 0 Å². The van der Waals surface area contributed by atoms with E-state index in [1.165, 1.54) is 25.7 Å². The molecule has 126 valence electrons. The van der Waals surface area contributed by atoms with Crippen molar-refractivity contribution in [3.05, 3.63) is 22.5 Å². The van der Waals surface area contributed by atoms with Gasteiger partial charge in [0.15, 0.2) is 5.78 Å². The molecule has 1 aromatic rings. The monoisotopic (exact) mass is 317 g/mol. The summed E-state index contributed by atoms with van der Waals surface area (Å²) in [5.74, 6) is 0.0862. The van der Waals surface area contributed by atoms with E-state index in [2.05, 4.69) is 15.2 Å². The van der Waals surface area contributed by atoms with Crippen LogP contribution in [0.5, 0.6) is 0 Å². The largest absolute Gasteiger partial charge is 0.354 e. The Hall–Kier alpha value is -1.62. The van der Waals surface area contributed by atoms with Gasteiger partial charge >= 0.3 is 0 Å². The highest BCUT2D eigenvalue weighted by atomic mass is 16.2. The number of amides is 1. The minimum atomic E-state index is -0.0838. The Balaban J connectivity index is 1.57. The van der Waals surface area contributed by atoms with Crippen molar-refractivity contribution >= 4 is 11.7 Å². The van der Waals surface area contributed by atoms with Crippen molar-refractivity contribution in [2.24, 2.45) is 0 Å². The first-order valence-corrected chi connectivity index (χ1v) is 8.92. The molecule has 23 heavy (non-hydrogen) atoms. The maximum absolute atomic E-state index is 12.4. The van der Waals surface area contributed by atoms with E-state index >= 15 is 0 Å². The number of aryl methyl sites for hydroxylation is 1. The summed E-state index contributed by atoms with van der Waals surface area (Å²) >= 11 is 0. The molecule has 5 heteroatoms. The van der Waals surface area contributed by atoms with Gasteiger partial charge in [-0.05, 0) is 51.3 Å². The third-order valence-corrected chi connectivity index (χ3v) is 5.08. The van der Waals surface area contributed by atoms with Crippen LogP contribution in [-0.4, -0.2) is 47.8 Å². The lowest BCUT2D eigenvalue weighted by molar-refractivity contribution is 0.0942. The number of rotatable bonds is 4. The molecule has 1 fully saturated rings. The van der Waals surface area contributed by atoms with Crippen LogP contribution in [0.1, 0.15) is 70.6 Å². The summed E-state index contributed by atoms with van der Waals surface area (Å²) in [6.07, 6.45) is 7.51. The van der Waals surface area contributed by atoms with Gasteiger partial charge in [-0.15, -0.1) is 0 Å². The van der Waals surface area contributed by atoms with Crippen molar-refractivity contribution in [3.63, 3.8) is 0 Å². The summed E-state index contributed by atoms with van der Waals surface area (Å²) in [6, 6.07) is 0. The zero-order valence-corrected chi connectivity index (χ0v) is 14.0. The Kier molecular flexibility index (Phi) is 5.16. The standard InChI is InChI=1S/C18H27N3O2/c1-13-16-14(7-6-8-15(16)22)20-17(13)18(23)19-9-12-21-10-4-2-3-5-11-21/h20H,2-12H2,1H3,(H,19,23). The molecule has 1 aliphatic carbocycles. The van der Waals surface area contributed by atoms with Crippen LogP contribution in [0, 0.1) is 6.92 Å². The Morgan fingerprint density at radius 3 is 2.57 bits per heavy atom. The fourth-order valence-corrected chi connectivity index (χ4v) is 3.78. The minimum Gasteiger partial charge on any atom is -0.354 e. The normalized spacial score (nSPS) is 19.3. The van der Waals surface area contributed by atoms with Crippen LogP contribution in [0.3, 0.4) is 0 Å². The number of aromatic amines is 1. The van der Waals surface area contributed by atoms with Crippen LogP contribution >= 0.6 is 0 Å². The first-order valence-electron chi connectivity index (χ1n) is 8.92. The van der Waals surface area contributed by atoms with Gasteiger partial charge in [-0.2, -0.15) is 0 Å². The quantitative estimate of drug-likeness (QED) is 0.896. The minimum absolute atomic E-state index is 0.0838. The zero-order chi connectivity index (χ0) is 16.2. The van der Waals surface area contributed by atoms with E-state index in [9.17, 15) is 9.59 Å². The molecule has 0 bridgehead atoms. The zero-order valence-electron chi connectivity index (χ0n) is 14.0. The van der Waals surface area contributed by atoms with Gasteiger partial charge in [0.2, 0.25) is 0 Å². The molecular formula is C18H27N3O2. The molecular weight excluding hydrogens is 290 g/mol. The number of Topliss-reactive ketones (excluding diaryl/α,β-unsaturated/α-hetero) is 1. The predicted molar refractivity (Wildman–Crippen MR) is 90.0 cm³/mol. The van der Waals surface area contributed by atoms with Gasteiger partial charge in [-0.3, -0.25) is 9.59 Å². The average molecular weight is 317 g/mol. The highest BCUT2D eigenvalue weighted by molar-refractivity contribution is 6.04. The summed E-state index contributed by atoms with van der Waals surface area (Å²) in [5, 5.41) is 3.01. The van der Waals surface area contributed by atoms with E-state index in [-0.39, 0.29) is 11.7 Å². The van der Waals surface area contributed by atoms with Crippen LogP contribution < -0.4 is 5.32 Å². The molecule has 2 heterocycles. The molecule has 1 aliphatic heterocycles. The van der Waals surface area contributed by atoms with E-state index in [1.54, 1.807) is 0 Å². The number of hydrogen-bond donors (Lipinski definition) is 2. The summed E-state index contributed by atoms with van der Waals surface area (Å²) in [6.45, 7) is 5.72. The Labute approximate surface area is 137 Å². The maximum atomic E-state index is 12.4. The smallest absolute Gasteiger partial charge is 0.268 e. The Bertz CT molecular complexity index is 583. The molecule has 0 spiro atoms. The number of ketones is 1. The summed E-state index contributed by atoms with van der Waals surface area (Å²) in [5.41, 5.74) is 3.09. The van der Waals surface area contributed by atoms with E-state index in [0.717, 1.165) is 49.3 Å². The second-order valence-electron chi connectivity index (χ2n) is 6.77. The van der Waals surface area contributed by atoms with Crippen molar-refractivity contribution in [2.75, 3.05) is 26.2 Å². The molecule has 1 saturated heterocycles. The Morgan fingerprint density at radius 1 is 1.13 bits per heavy atom. The van der Waals surface area contributed by atoms with Gasteiger partial charge in [0.25, 0.3) is 5.91 Å². The number of likely N-dealkylation sites (tertiary alicyclic amines) is 1. The topological polar surface area (TPSA) is 65.2 Å². The first-order chi connectivity index (χ1) is 11.2. The second-order valence-corrected chi connectivity index (χ2v) is 6.77. The van der Waals surface area contributed by atoms with Crippen LogP contribution in [-0.2, 0) is 6.42 Å². The summed E-state index contributed by atoms with van der Waals surface area (Å²) in [7, 11) is 0. The molecule has 3 rings (SSSR count). The molecule has 1 amide bonds. The number of nitrogens with one attached hydrogen (secondary N) is 2. The summed E-state index contributed by atoms with van der Waals surface area (Å²) in [4.78, 5) is 30.1. The number of carbonyl (C=O) groups excluding carboxylic acids is 2. The number of carbonyl (C=O) groups is 2. The van der Waals surface area contributed by atoms with E-state index in [0.29, 0.717) is 18.7 Å². The van der Waals surface area contributed by atoms with E-state index in [4.69, 9.17) is 0 Å². The van der Waals surface area contributed by atoms with Crippen LogP contribution in [0.15, 0.2) is 0 Å². The molecule has 0 unspecified atom stereocenters. The van der Waals surface area contributed by atoms with Gasteiger partial charge in [0.1, 0.15) is 5.69 Å². The molecule has 0 aromatic carbocycles. The molecule has 0 atom stereocenters. The molecule has 2 aliphatic rings. The number of nitrogens with zero attached hydrogens (tertiary/aromatic N) is 1. The average Bonchev–Trinajstić information content (AvgIpc) is 2.72. The Morgan fingerprint density at radius 2 is 1.87 bits per heavy atom. The van der Waals surface area contributed by atoms with Crippen LogP contribution in [0.25, 0.3) is 0 Å². The molecule has 5 nitrogen and oxygen atoms in total. The first kappa shape index (κ1) is 16.2. The van der Waals surface area contributed by atoms with Gasteiger partial charge in [-0.1, -0.05) is 12.8 Å². The fourth-order valence-electron chi connectivity index (χ4n) is 3.78.